The Morgan fingerprint density at radius 1 is 1.52 bits per heavy atom. The Balaban J connectivity index is 0.00000161. The lowest BCUT2D eigenvalue weighted by Crippen LogP contribution is -2.53. The molecule has 114 valence electrons. The van der Waals surface area contributed by atoms with Crippen molar-refractivity contribution in [3.05, 3.63) is 18.4 Å². The normalized spacial score (nSPS) is 21.6. The molecule has 9 heteroatoms. The van der Waals surface area contributed by atoms with Crippen molar-refractivity contribution in [1.82, 2.24) is 15.5 Å². The van der Waals surface area contributed by atoms with Crippen LogP contribution >= 0.6 is 23.7 Å². The molecule has 3 heterocycles. The monoisotopic (exact) mass is 330 g/mol. The minimum absolute atomic E-state index is 0. The van der Waals surface area contributed by atoms with E-state index in [2.05, 4.69) is 20.8 Å². The third-order valence-corrected chi connectivity index (χ3v) is 3.84. The van der Waals surface area contributed by atoms with Crippen molar-refractivity contribution in [2.45, 2.75) is 19.1 Å². The summed E-state index contributed by atoms with van der Waals surface area (Å²) < 4.78 is 10.7. The highest BCUT2D eigenvalue weighted by Gasteiger charge is 2.29. The van der Waals surface area contributed by atoms with Gasteiger partial charge in [-0.2, -0.15) is 0 Å². The van der Waals surface area contributed by atoms with Gasteiger partial charge in [-0.3, -0.25) is 10.1 Å². The second kappa shape index (κ2) is 6.99. The molecule has 2 atom stereocenters. The fourth-order valence-corrected chi connectivity index (χ4v) is 2.70. The van der Waals surface area contributed by atoms with Gasteiger partial charge in [0.25, 0.3) is 0 Å². The number of halogens is 1. The van der Waals surface area contributed by atoms with E-state index in [4.69, 9.17) is 9.15 Å². The van der Waals surface area contributed by atoms with Gasteiger partial charge >= 0.3 is 0 Å². The van der Waals surface area contributed by atoms with E-state index in [-0.39, 0.29) is 30.5 Å². The molecule has 0 saturated carbocycles. The summed E-state index contributed by atoms with van der Waals surface area (Å²) in [5.41, 5.74) is 0. The van der Waals surface area contributed by atoms with Gasteiger partial charge in [-0.25, -0.2) is 0 Å². The smallest absolute Gasteiger partial charge is 0.246 e. The van der Waals surface area contributed by atoms with E-state index in [0.29, 0.717) is 29.1 Å². The Bertz CT molecular complexity index is 589. The van der Waals surface area contributed by atoms with Crippen molar-refractivity contribution in [2.75, 3.05) is 18.5 Å². The molecule has 21 heavy (non-hydrogen) atoms. The first-order chi connectivity index (χ1) is 9.74. The van der Waals surface area contributed by atoms with Crippen LogP contribution in [0.25, 0.3) is 10.8 Å². The first-order valence-corrected chi connectivity index (χ1v) is 7.09. The van der Waals surface area contributed by atoms with Gasteiger partial charge in [0.15, 0.2) is 10.8 Å². The second-order valence-corrected chi connectivity index (χ2v) is 5.36. The van der Waals surface area contributed by atoms with Crippen LogP contribution in [-0.4, -0.2) is 41.4 Å². The summed E-state index contributed by atoms with van der Waals surface area (Å²) >= 11 is 1.27. The fraction of sp³-hybridized carbons (Fsp3) is 0.417. The van der Waals surface area contributed by atoms with Gasteiger partial charge < -0.3 is 14.5 Å². The summed E-state index contributed by atoms with van der Waals surface area (Å²) in [6.45, 7) is 3.15. The van der Waals surface area contributed by atoms with Gasteiger partial charge in [-0.15, -0.1) is 22.6 Å². The van der Waals surface area contributed by atoms with Crippen LogP contribution in [0.2, 0.25) is 0 Å². The maximum Gasteiger partial charge on any atom is 0.246 e. The molecular formula is C12H15ClN4O3S. The molecule has 2 aromatic heterocycles. The number of nitrogens with zero attached hydrogens (tertiary/aromatic N) is 2. The SMILES string of the molecule is C[C@H]1OCCN[C@@H]1C(=O)Nc1nnc(-c2ccco2)s1.Cl. The van der Waals surface area contributed by atoms with Crippen molar-refractivity contribution in [1.29, 1.82) is 0 Å². The average Bonchev–Trinajstić information content (AvgIpc) is 3.09. The molecule has 7 nitrogen and oxygen atoms in total. The number of hydrogen-bond donors (Lipinski definition) is 2. The Kier molecular flexibility index (Phi) is 5.29. The fourth-order valence-electron chi connectivity index (χ4n) is 1.98. The zero-order valence-electron chi connectivity index (χ0n) is 11.2. The summed E-state index contributed by atoms with van der Waals surface area (Å²) in [6, 6.07) is 3.20. The van der Waals surface area contributed by atoms with Crippen molar-refractivity contribution in [3.8, 4) is 10.8 Å². The number of rotatable bonds is 3. The van der Waals surface area contributed by atoms with Crippen molar-refractivity contribution in [3.63, 3.8) is 0 Å². The van der Waals surface area contributed by atoms with Crippen LogP contribution in [0.1, 0.15) is 6.92 Å². The first-order valence-electron chi connectivity index (χ1n) is 6.27. The maximum absolute atomic E-state index is 12.1. The maximum atomic E-state index is 12.1. The highest BCUT2D eigenvalue weighted by Crippen LogP contribution is 2.26. The van der Waals surface area contributed by atoms with Crippen LogP contribution in [0.4, 0.5) is 5.13 Å². The van der Waals surface area contributed by atoms with Gasteiger partial charge in [-0.1, -0.05) is 11.3 Å². The molecular weight excluding hydrogens is 316 g/mol. The van der Waals surface area contributed by atoms with E-state index in [1.54, 1.807) is 18.4 Å². The van der Waals surface area contributed by atoms with E-state index in [1.807, 2.05) is 6.92 Å². The third-order valence-electron chi connectivity index (χ3n) is 2.99. The molecule has 0 spiro atoms. The number of ether oxygens (including phenoxy) is 1. The molecule has 1 amide bonds. The molecule has 1 aliphatic rings. The Hall–Kier alpha value is -1.48. The van der Waals surface area contributed by atoms with Crippen LogP contribution in [0, 0.1) is 0 Å². The lowest BCUT2D eigenvalue weighted by molar-refractivity contribution is -0.123. The van der Waals surface area contributed by atoms with Crippen LogP contribution < -0.4 is 10.6 Å². The molecule has 0 aromatic carbocycles. The Labute approximate surface area is 131 Å². The number of nitrogens with one attached hydrogen (secondary N) is 2. The van der Waals surface area contributed by atoms with Crippen molar-refractivity contribution in [2.24, 2.45) is 0 Å². The molecule has 0 unspecified atom stereocenters. The number of morpholine rings is 1. The topological polar surface area (TPSA) is 89.3 Å². The third kappa shape index (κ3) is 3.59. The standard InChI is InChI=1S/C12H14N4O3S.ClH/c1-7-9(13-4-6-18-7)10(17)14-12-16-15-11(20-12)8-3-2-5-19-8;/h2-3,5,7,9,13H,4,6H2,1H3,(H,14,16,17);1H/t7-,9+;/m1./s1. The molecule has 2 aromatic rings. The number of hydrogen-bond acceptors (Lipinski definition) is 7. The molecule has 0 aliphatic carbocycles. The minimum Gasteiger partial charge on any atom is -0.462 e. The van der Waals surface area contributed by atoms with E-state index in [0.717, 1.165) is 0 Å². The summed E-state index contributed by atoms with van der Waals surface area (Å²) in [5, 5.41) is 14.9. The zero-order chi connectivity index (χ0) is 13.9. The lowest BCUT2D eigenvalue weighted by Gasteiger charge is -2.28. The van der Waals surface area contributed by atoms with Crippen LogP contribution in [-0.2, 0) is 9.53 Å². The predicted molar refractivity (Wildman–Crippen MR) is 80.7 cm³/mol. The lowest BCUT2D eigenvalue weighted by atomic mass is 10.1. The second-order valence-electron chi connectivity index (χ2n) is 4.39. The van der Waals surface area contributed by atoms with Crippen LogP contribution in [0.5, 0.6) is 0 Å². The largest absolute Gasteiger partial charge is 0.462 e. The van der Waals surface area contributed by atoms with Gasteiger partial charge in [0.2, 0.25) is 11.0 Å². The van der Waals surface area contributed by atoms with E-state index >= 15 is 0 Å². The summed E-state index contributed by atoms with van der Waals surface area (Å²) in [7, 11) is 0. The summed E-state index contributed by atoms with van der Waals surface area (Å²) in [5.74, 6) is 0.467. The Morgan fingerprint density at radius 2 is 2.38 bits per heavy atom. The van der Waals surface area contributed by atoms with Gasteiger partial charge in [-0.05, 0) is 19.1 Å². The predicted octanol–water partition coefficient (Wildman–Crippen LogP) is 1.54. The molecule has 3 rings (SSSR count). The van der Waals surface area contributed by atoms with Gasteiger partial charge in [0.05, 0.1) is 19.0 Å². The molecule has 0 radical (unpaired) electrons. The molecule has 0 bridgehead atoms. The molecule has 1 saturated heterocycles. The van der Waals surface area contributed by atoms with Gasteiger partial charge in [0.1, 0.15) is 6.04 Å². The number of aromatic nitrogens is 2. The number of furan rings is 1. The number of carbonyl (C=O) groups is 1. The van der Waals surface area contributed by atoms with E-state index < -0.39 is 0 Å². The summed E-state index contributed by atoms with van der Waals surface area (Å²) in [4.78, 5) is 12.1. The van der Waals surface area contributed by atoms with Crippen molar-refractivity contribution < 1.29 is 13.9 Å². The number of amides is 1. The van der Waals surface area contributed by atoms with E-state index in [1.165, 1.54) is 11.3 Å². The van der Waals surface area contributed by atoms with E-state index in [9.17, 15) is 4.79 Å². The molecule has 1 fully saturated rings. The first kappa shape index (κ1) is 15.9. The van der Waals surface area contributed by atoms with Crippen molar-refractivity contribution >= 4 is 34.8 Å². The average molecular weight is 331 g/mol. The highest BCUT2D eigenvalue weighted by atomic mass is 35.5. The van der Waals surface area contributed by atoms with Crippen LogP contribution in [0.3, 0.4) is 0 Å². The molecule has 2 N–H and O–H groups in total. The van der Waals surface area contributed by atoms with Gasteiger partial charge in [0, 0.05) is 6.54 Å². The summed E-state index contributed by atoms with van der Waals surface area (Å²) in [6.07, 6.45) is 1.40. The zero-order valence-corrected chi connectivity index (χ0v) is 12.9. The highest BCUT2D eigenvalue weighted by molar-refractivity contribution is 7.18. The Morgan fingerprint density at radius 3 is 3.10 bits per heavy atom. The number of carbonyl (C=O) groups excluding carboxylic acids is 1. The minimum atomic E-state index is -0.375. The number of anilines is 1. The molecule has 1 aliphatic heterocycles. The quantitative estimate of drug-likeness (QED) is 0.887. The van der Waals surface area contributed by atoms with Crippen LogP contribution in [0.15, 0.2) is 22.8 Å².